The number of hydrogen-bond donors (Lipinski definition) is 1. The van der Waals surface area contributed by atoms with Gasteiger partial charge in [0.05, 0.1) is 6.10 Å². The Kier molecular flexibility index (Phi) is 3.77. The van der Waals surface area contributed by atoms with E-state index in [1.165, 1.54) is 0 Å². The third-order valence-corrected chi connectivity index (χ3v) is 8.81. The first kappa shape index (κ1) is 16.8. The molecule has 4 fully saturated rings. The minimum atomic E-state index is -0.169. The van der Waals surface area contributed by atoms with Crippen LogP contribution in [-0.2, 0) is 9.59 Å². The van der Waals surface area contributed by atoms with E-state index in [0.717, 1.165) is 44.9 Å². The average molecular weight is 332 g/mol. The van der Waals surface area contributed by atoms with E-state index in [4.69, 9.17) is 0 Å². The van der Waals surface area contributed by atoms with Gasteiger partial charge < -0.3 is 5.11 Å². The largest absolute Gasteiger partial charge is 0.393 e. The van der Waals surface area contributed by atoms with Crippen LogP contribution in [0.4, 0.5) is 0 Å². The molecule has 0 unspecified atom stereocenters. The summed E-state index contributed by atoms with van der Waals surface area (Å²) >= 11 is 0. The number of fused-ring (bicyclic) bond motifs is 5. The van der Waals surface area contributed by atoms with Crippen LogP contribution < -0.4 is 0 Å². The summed E-state index contributed by atoms with van der Waals surface area (Å²) < 4.78 is 0. The fourth-order valence-electron chi connectivity index (χ4n) is 7.72. The van der Waals surface area contributed by atoms with E-state index >= 15 is 0 Å². The summed E-state index contributed by atoms with van der Waals surface area (Å²) in [5, 5.41) is 10.1. The van der Waals surface area contributed by atoms with Crippen molar-refractivity contribution in [3.63, 3.8) is 0 Å². The number of aliphatic hydroxyl groups excluding tert-OH is 1. The van der Waals surface area contributed by atoms with Gasteiger partial charge in [-0.25, -0.2) is 0 Å². The lowest BCUT2D eigenvalue weighted by Gasteiger charge is -2.59. The highest BCUT2D eigenvalue weighted by molar-refractivity contribution is 5.87. The molecule has 0 heterocycles. The van der Waals surface area contributed by atoms with Crippen molar-refractivity contribution >= 4 is 11.6 Å². The molecule has 1 N–H and O–H groups in total. The lowest BCUT2D eigenvalue weighted by Crippen LogP contribution is -2.58. The Morgan fingerprint density at radius 2 is 1.83 bits per heavy atom. The molecule has 0 amide bonds. The molecule has 24 heavy (non-hydrogen) atoms. The summed E-state index contributed by atoms with van der Waals surface area (Å²) in [6, 6.07) is 0. The zero-order chi connectivity index (χ0) is 17.3. The summed E-state index contributed by atoms with van der Waals surface area (Å²) in [5.74, 6) is 2.48. The normalized spacial score (nSPS) is 53.9. The summed E-state index contributed by atoms with van der Waals surface area (Å²) in [6.07, 6.45) is 7.53. The fraction of sp³-hybridized carbons (Fsp3) is 0.905. The molecular weight excluding hydrogens is 300 g/mol. The maximum Gasteiger partial charge on any atom is 0.137 e. The lowest BCUT2D eigenvalue weighted by molar-refractivity contribution is -0.162. The van der Waals surface area contributed by atoms with Crippen molar-refractivity contribution in [2.75, 3.05) is 0 Å². The molecule has 0 aromatic carbocycles. The zero-order valence-corrected chi connectivity index (χ0v) is 15.4. The summed E-state index contributed by atoms with van der Waals surface area (Å²) in [7, 11) is 0. The van der Waals surface area contributed by atoms with E-state index in [2.05, 4.69) is 13.8 Å². The third kappa shape index (κ3) is 2.12. The van der Waals surface area contributed by atoms with Crippen molar-refractivity contribution in [1.29, 1.82) is 0 Å². The molecule has 0 aromatic rings. The fourth-order valence-corrected chi connectivity index (χ4v) is 7.72. The molecule has 4 saturated carbocycles. The van der Waals surface area contributed by atoms with Crippen LogP contribution in [0.15, 0.2) is 0 Å². The van der Waals surface area contributed by atoms with Crippen LogP contribution in [0.5, 0.6) is 0 Å². The van der Waals surface area contributed by atoms with Gasteiger partial charge in [0.2, 0.25) is 0 Å². The van der Waals surface area contributed by atoms with Gasteiger partial charge in [0.15, 0.2) is 0 Å². The molecule has 0 radical (unpaired) electrons. The Morgan fingerprint density at radius 3 is 2.54 bits per heavy atom. The Morgan fingerprint density at radius 1 is 1.08 bits per heavy atom. The Labute approximate surface area is 145 Å². The maximum absolute atomic E-state index is 13.3. The van der Waals surface area contributed by atoms with Crippen LogP contribution in [0, 0.1) is 40.4 Å². The van der Waals surface area contributed by atoms with Crippen LogP contribution in [0.2, 0.25) is 0 Å². The Balaban J connectivity index is 1.68. The van der Waals surface area contributed by atoms with Crippen molar-refractivity contribution in [3.8, 4) is 0 Å². The molecule has 134 valence electrons. The Bertz CT molecular complexity index is 569. The van der Waals surface area contributed by atoms with E-state index in [1.807, 2.05) is 0 Å². The van der Waals surface area contributed by atoms with Crippen molar-refractivity contribution in [1.82, 2.24) is 0 Å². The number of rotatable bonds is 1. The molecule has 0 bridgehead atoms. The summed E-state index contributed by atoms with van der Waals surface area (Å²) in [5.41, 5.74) is -0.0175. The second-order valence-electron chi connectivity index (χ2n) is 9.85. The number of aliphatic hydroxyl groups is 1. The van der Waals surface area contributed by atoms with E-state index in [0.29, 0.717) is 30.0 Å². The molecule has 3 nitrogen and oxygen atoms in total. The van der Waals surface area contributed by atoms with Gasteiger partial charge in [0.25, 0.3) is 0 Å². The monoisotopic (exact) mass is 332 g/mol. The van der Waals surface area contributed by atoms with Gasteiger partial charge in [-0.1, -0.05) is 13.8 Å². The standard InChI is InChI=1S/C21H32O3/c1-12(22)16-6-7-17-15-5-4-13-10-14(23)8-9-20(13,2)19(15)18(24)11-21(16,17)3/h13-17,19,23H,4-11H2,1-3H3/t13-,14-,15+,16-,17-,19-,20-,21+/m0/s1. The van der Waals surface area contributed by atoms with Crippen LogP contribution >= 0.6 is 0 Å². The highest BCUT2D eigenvalue weighted by Crippen LogP contribution is 2.66. The molecular formula is C21H32O3. The minimum Gasteiger partial charge on any atom is -0.393 e. The minimum absolute atomic E-state index is 0.0782. The number of carbonyl (C=O) groups is 2. The quantitative estimate of drug-likeness (QED) is 0.795. The van der Waals surface area contributed by atoms with E-state index < -0.39 is 0 Å². The highest BCUT2D eigenvalue weighted by Gasteiger charge is 2.63. The SMILES string of the molecule is CC(=O)[C@@H]1CC[C@H]2[C@H]3CC[C@H]4C[C@@H](O)CC[C@]4(C)[C@@H]3C(=O)C[C@]12C. The molecule has 0 aliphatic heterocycles. The molecule has 4 rings (SSSR count). The Hall–Kier alpha value is -0.700. The first-order chi connectivity index (χ1) is 11.3. The zero-order valence-electron chi connectivity index (χ0n) is 15.4. The van der Waals surface area contributed by atoms with Gasteiger partial charge in [0.1, 0.15) is 11.6 Å². The van der Waals surface area contributed by atoms with Gasteiger partial charge in [0, 0.05) is 18.3 Å². The van der Waals surface area contributed by atoms with Gasteiger partial charge in [-0.3, -0.25) is 9.59 Å². The molecule has 3 heteroatoms. The second kappa shape index (κ2) is 5.40. The van der Waals surface area contributed by atoms with Crippen molar-refractivity contribution in [2.24, 2.45) is 40.4 Å². The lowest BCUT2D eigenvalue weighted by atomic mass is 9.44. The second-order valence-corrected chi connectivity index (χ2v) is 9.85. The first-order valence-corrected chi connectivity index (χ1v) is 9.98. The van der Waals surface area contributed by atoms with Gasteiger partial charge in [-0.05, 0) is 80.5 Å². The topological polar surface area (TPSA) is 54.4 Å². The average Bonchev–Trinajstić information content (AvgIpc) is 2.84. The number of Topliss-reactive ketones (excluding diaryl/α,β-unsaturated/α-hetero) is 2. The van der Waals surface area contributed by atoms with Gasteiger partial charge in [-0.15, -0.1) is 0 Å². The van der Waals surface area contributed by atoms with Crippen LogP contribution in [0.1, 0.15) is 72.1 Å². The van der Waals surface area contributed by atoms with Crippen molar-refractivity contribution in [3.05, 3.63) is 0 Å². The van der Waals surface area contributed by atoms with E-state index in [-0.39, 0.29) is 34.6 Å². The van der Waals surface area contributed by atoms with Crippen LogP contribution in [0.3, 0.4) is 0 Å². The number of hydrogen-bond acceptors (Lipinski definition) is 3. The number of ketones is 2. The van der Waals surface area contributed by atoms with Gasteiger partial charge in [-0.2, -0.15) is 0 Å². The van der Waals surface area contributed by atoms with Crippen molar-refractivity contribution in [2.45, 2.75) is 78.2 Å². The summed E-state index contributed by atoms with van der Waals surface area (Å²) in [6.45, 7) is 6.28. The maximum atomic E-state index is 13.3. The smallest absolute Gasteiger partial charge is 0.137 e. The molecule has 0 spiro atoms. The molecule has 4 aliphatic rings. The molecule has 8 atom stereocenters. The van der Waals surface area contributed by atoms with E-state index in [9.17, 15) is 14.7 Å². The third-order valence-electron chi connectivity index (χ3n) is 8.81. The van der Waals surface area contributed by atoms with E-state index in [1.54, 1.807) is 6.92 Å². The van der Waals surface area contributed by atoms with Gasteiger partial charge >= 0.3 is 0 Å². The first-order valence-electron chi connectivity index (χ1n) is 9.98. The molecule has 0 aromatic heterocycles. The van der Waals surface area contributed by atoms with Crippen molar-refractivity contribution < 1.29 is 14.7 Å². The highest BCUT2D eigenvalue weighted by atomic mass is 16.3. The van der Waals surface area contributed by atoms with Crippen LogP contribution in [-0.4, -0.2) is 22.8 Å². The number of carbonyl (C=O) groups excluding carboxylic acids is 2. The molecule has 0 saturated heterocycles. The summed E-state index contributed by atoms with van der Waals surface area (Å²) in [4.78, 5) is 25.5. The predicted octanol–water partition coefficient (Wildman–Crippen LogP) is 3.77. The molecule has 4 aliphatic carbocycles. The van der Waals surface area contributed by atoms with Crippen LogP contribution in [0.25, 0.3) is 0 Å². The predicted molar refractivity (Wildman–Crippen MR) is 92.3 cm³/mol.